The number of hydrogen-bond donors (Lipinski definition) is 4. The number of H-pyrrole nitrogens is 1. The van der Waals surface area contributed by atoms with E-state index in [0.717, 1.165) is 16.5 Å². The van der Waals surface area contributed by atoms with E-state index in [0.29, 0.717) is 22.2 Å². The van der Waals surface area contributed by atoms with Crippen molar-refractivity contribution in [3.8, 4) is 17.4 Å². The van der Waals surface area contributed by atoms with Crippen molar-refractivity contribution >= 4 is 29.0 Å². The summed E-state index contributed by atoms with van der Waals surface area (Å²) >= 11 is 0. The maximum atomic E-state index is 11.9. The van der Waals surface area contributed by atoms with Crippen molar-refractivity contribution in [2.75, 3.05) is 0 Å². The van der Waals surface area contributed by atoms with Crippen LogP contribution < -0.4 is 16.0 Å². The maximum absolute atomic E-state index is 11.9. The molecule has 4 rings (SSSR count). The number of fused-ring (bicyclic) bond motifs is 2. The van der Waals surface area contributed by atoms with E-state index in [2.05, 4.69) is 4.98 Å². The predicted octanol–water partition coefficient (Wildman–Crippen LogP) is 1.69. The van der Waals surface area contributed by atoms with Gasteiger partial charge in [0.1, 0.15) is 0 Å². The highest BCUT2D eigenvalue weighted by atomic mass is 16.3. The van der Waals surface area contributed by atoms with Crippen molar-refractivity contribution < 1.29 is 15.3 Å². The summed E-state index contributed by atoms with van der Waals surface area (Å²) in [6.07, 6.45) is 6.10. The number of phenols is 2. The van der Waals surface area contributed by atoms with Gasteiger partial charge in [0.25, 0.3) is 5.56 Å². The van der Waals surface area contributed by atoms with Crippen LogP contribution in [0.25, 0.3) is 29.0 Å². The Morgan fingerprint density at radius 3 is 2.60 bits per heavy atom. The molecule has 0 aliphatic heterocycles. The van der Waals surface area contributed by atoms with Gasteiger partial charge in [-0.15, -0.1) is 0 Å². The first-order chi connectivity index (χ1) is 12.0. The lowest BCUT2D eigenvalue weighted by atomic mass is 9.97. The summed E-state index contributed by atoms with van der Waals surface area (Å²) in [5.41, 5.74) is 1.37. The summed E-state index contributed by atoms with van der Waals surface area (Å²) in [4.78, 5) is 14.2. The van der Waals surface area contributed by atoms with Gasteiger partial charge in [-0.25, -0.2) is 0 Å². The fourth-order valence-electron chi connectivity index (χ4n) is 3.18. The van der Waals surface area contributed by atoms with E-state index in [-0.39, 0.29) is 22.9 Å². The molecule has 5 nitrogen and oxygen atoms in total. The largest absolute Gasteiger partial charge is 0.504 e. The van der Waals surface area contributed by atoms with Gasteiger partial charge in [-0.05, 0) is 34.2 Å². The van der Waals surface area contributed by atoms with Crippen LogP contribution in [0.2, 0.25) is 0 Å². The summed E-state index contributed by atoms with van der Waals surface area (Å²) in [5.74, 6) is -0.499. The summed E-state index contributed by atoms with van der Waals surface area (Å²) in [7, 11) is 0. The van der Waals surface area contributed by atoms with Crippen LogP contribution >= 0.6 is 0 Å². The van der Waals surface area contributed by atoms with Crippen LogP contribution in [0.5, 0.6) is 17.4 Å². The van der Waals surface area contributed by atoms with Crippen molar-refractivity contribution in [1.82, 2.24) is 4.98 Å². The highest BCUT2D eigenvalue weighted by Gasteiger charge is 2.10. The van der Waals surface area contributed by atoms with E-state index >= 15 is 0 Å². The number of hydrogen-bond acceptors (Lipinski definition) is 4. The van der Waals surface area contributed by atoms with Crippen LogP contribution in [0.3, 0.4) is 0 Å². The molecule has 0 amide bonds. The Bertz CT molecular complexity index is 1220. The lowest BCUT2D eigenvalue weighted by Gasteiger charge is -2.09. The van der Waals surface area contributed by atoms with Crippen LogP contribution in [0.4, 0.5) is 0 Å². The average molecular weight is 333 g/mol. The number of aromatic hydroxyl groups is 3. The number of rotatable bonds is 1. The van der Waals surface area contributed by atoms with Crippen molar-refractivity contribution in [2.24, 2.45) is 0 Å². The molecule has 124 valence electrons. The van der Waals surface area contributed by atoms with Gasteiger partial charge in [0.2, 0.25) is 0 Å². The molecule has 0 radical (unpaired) electrons. The minimum atomic E-state index is -0.321. The highest BCUT2D eigenvalue weighted by Crippen LogP contribution is 2.37. The Kier molecular flexibility index (Phi) is 3.35. The molecule has 1 aliphatic carbocycles. The van der Waals surface area contributed by atoms with Gasteiger partial charge in [-0.2, -0.15) is 0 Å². The Morgan fingerprint density at radius 1 is 1.04 bits per heavy atom. The molecular weight excluding hydrogens is 318 g/mol. The quantitative estimate of drug-likeness (QED) is 0.510. The predicted molar refractivity (Wildman–Crippen MR) is 96.8 cm³/mol. The highest BCUT2D eigenvalue weighted by molar-refractivity contribution is 5.97. The Labute approximate surface area is 142 Å². The fourth-order valence-corrected chi connectivity index (χ4v) is 3.18. The van der Waals surface area contributed by atoms with Gasteiger partial charge in [-0.1, -0.05) is 42.5 Å². The molecule has 1 heterocycles. The van der Waals surface area contributed by atoms with Gasteiger partial charge < -0.3 is 15.3 Å². The van der Waals surface area contributed by atoms with Gasteiger partial charge in [0.15, 0.2) is 17.4 Å². The number of benzene rings is 2. The zero-order chi connectivity index (χ0) is 17.6. The number of phenolic OH excluding ortho intramolecular Hbond substituents is 2. The van der Waals surface area contributed by atoms with E-state index in [4.69, 9.17) is 0 Å². The van der Waals surface area contributed by atoms with Crippen LogP contribution in [0, 0.1) is 0 Å². The number of pyridine rings is 1. The average Bonchev–Trinajstić information content (AvgIpc) is 2.59. The minimum absolute atomic E-state index is 0.140. The van der Waals surface area contributed by atoms with Gasteiger partial charge in [0.05, 0.1) is 0 Å². The van der Waals surface area contributed by atoms with Crippen LogP contribution in [0.1, 0.15) is 12.0 Å². The zero-order valence-corrected chi connectivity index (χ0v) is 13.2. The van der Waals surface area contributed by atoms with E-state index in [1.807, 2.05) is 30.4 Å². The summed E-state index contributed by atoms with van der Waals surface area (Å²) in [6.45, 7) is 0. The smallest absolute Gasteiger partial charge is 0.258 e. The van der Waals surface area contributed by atoms with Gasteiger partial charge >= 0.3 is 0 Å². The summed E-state index contributed by atoms with van der Waals surface area (Å²) in [6, 6.07) is 10.3. The molecule has 0 fully saturated rings. The molecule has 2 aromatic carbocycles. The molecule has 1 aromatic heterocycles. The lowest BCUT2D eigenvalue weighted by Crippen LogP contribution is -2.41. The monoisotopic (exact) mass is 333 g/mol. The first-order valence-corrected chi connectivity index (χ1v) is 7.81. The third-order valence-corrected chi connectivity index (χ3v) is 4.34. The van der Waals surface area contributed by atoms with Gasteiger partial charge in [-0.3, -0.25) is 9.78 Å². The number of nitrogens with one attached hydrogen (secondary N) is 1. The Morgan fingerprint density at radius 2 is 1.80 bits per heavy atom. The molecule has 1 aliphatic rings. The van der Waals surface area contributed by atoms with Crippen LogP contribution in [-0.4, -0.2) is 20.3 Å². The first-order valence-electron chi connectivity index (χ1n) is 7.81. The third-order valence-electron chi connectivity index (χ3n) is 4.34. The Hall–Kier alpha value is -3.47. The zero-order valence-electron chi connectivity index (χ0n) is 13.2. The van der Waals surface area contributed by atoms with Crippen molar-refractivity contribution in [3.63, 3.8) is 0 Å². The van der Waals surface area contributed by atoms with Crippen molar-refractivity contribution in [3.05, 3.63) is 68.3 Å². The van der Waals surface area contributed by atoms with Crippen molar-refractivity contribution in [2.45, 2.75) is 6.42 Å². The lowest BCUT2D eigenvalue weighted by molar-refractivity contribution is 0.408. The van der Waals surface area contributed by atoms with Crippen LogP contribution in [0.15, 0.2) is 46.8 Å². The number of aromatic amines is 1. The SMILES string of the molecule is O=c1[nH]c(O)cc2c1=CCC(=Cc1cc(O)c(O)c3ccccc13)C=2. The number of allylic oxidation sites excluding steroid dienone is 1. The van der Waals surface area contributed by atoms with Gasteiger partial charge in [0, 0.05) is 16.7 Å². The number of aromatic nitrogens is 1. The second kappa shape index (κ2) is 5.56. The second-order valence-electron chi connectivity index (χ2n) is 6.00. The van der Waals surface area contributed by atoms with E-state index in [9.17, 15) is 20.1 Å². The maximum Gasteiger partial charge on any atom is 0.258 e. The van der Waals surface area contributed by atoms with E-state index in [1.165, 1.54) is 12.1 Å². The molecule has 0 spiro atoms. The normalized spacial score (nSPS) is 14.8. The molecule has 0 saturated carbocycles. The van der Waals surface area contributed by atoms with E-state index < -0.39 is 0 Å². The van der Waals surface area contributed by atoms with E-state index in [1.54, 1.807) is 12.1 Å². The fraction of sp³-hybridized carbons (Fsp3) is 0.0500. The second-order valence-corrected chi connectivity index (χ2v) is 6.00. The topological polar surface area (TPSA) is 93.6 Å². The molecule has 3 aromatic rings. The summed E-state index contributed by atoms with van der Waals surface area (Å²) < 4.78 is 0. The standard InChI is InChI=1S/C20H15NO4/c22-17-9-12(14-3-1-2-4-16(14)19(17)24)7-11-5-6-15-13(8-11)10-18(23)21-20(15)25/h1-4,6-10,22-24H,5H2,(H,21,25). The Balaban J connectivity index is 1.93. The molecule has 0 saturated heterocycles. The molecule has 0 unspecified atom stereocenters. The molecule has 0 bridgehead atoms. The molecule has 0 atom stereocenters. The molecular formula is C20H15NO4. The minimum Gasteiger partial charge on any atom is -0.504 e. The van der Waals surface area contributed by atoms with Crippen molar-refractivity contribution in [1.29, 1.82) is 0 Å². The first kappa shape index (κ1) is 15.1. The molecule has 5 heteroatoms. The summed E-state index contributed by atoms with van der Waals surface area (Å²) in [5, 5.41) is 32.2. The molecule has 25 heavy (non-hydrogen) atoms. The third kappa shape index (κ3) is 2.55. The molecule has 4 N–H and O–H groups in total. The van der Waals surface area contributed by atoms with Crippen LogP contribution in [-0.2, 0) is 0 Å².